The van der Waals surface area contributed by atoms with E-state index < -0.39 is 0 Å². The Balaban J connectivity index is 0. The van der Waals surface area contributed by atoms with Gasteiger partial charge in [-0.15, -0.1) is 0 Å². The van der Waals surface area contributed by atoms with Crippen molar-refractivity contribution < 1.29 is 1650 Å². The van der Waals surface area contributed by atoms with E-state index in [1.807, 2.05) is 0 Å². The van der Waals surface area contributed by atoms with Crippen molar-refractivity contribution in [3.05, 3.63) is 0 Å². The first-order valence-electron chi connectivity index (χ1n) is 0. The maximum absolute atomic E-state index is 0. The minimum Gasteiger partial charge on any atom is 0 e. The molecule has 0 amide bonds. The Kier molecular flexibility index (Phi) is 11500. The number of rotatable bonds is 0. The molecule has 0 aliphatic rings. The van der Waals surface area contributed by atoms with E-state index in [1.54, 1.807) is 0 Å². The van der Waals surface area contributed by atoms with Crippen molar-refractivity contribution in [2.45, 2.75) is 0 Å². The molecule has 89 heavy (non-hydrogen) atoms. The second kappa shape index (κ2) is 1000. The van der Waals surface area contributed by atoms with Crippen LogP contribution in [0.3, 0.4) is 0 Å². The third-order valence-corrected chi connectivity index (χ3v) is 0. The Hall–Kier alpha value is 52.0. The molecule has 0 atom stereocenters. The van der Waals surface area contributed by atoms with Gasteiger partial charge < -0.3 is 0 Å². The van der Waals surface area contributed by atoms with Gasteiger partial charge in [0.2, 0.25) is 0 Å². The fourth-order valence-corrected chi connectivity index (χ4v) is 0. The number of hydrogen-bond acceptors (Lipinski definition) is 0. The van der Waals surface area contributed by atoms with Gasteiger partial charge in [-0.1, -0.05) is 0 Å². The van der Waals surface area contributed by atoms with Crippen LogP contribution in [-0.4, -0.2) is 0 Å². The summed E-state index contributed by atoms with van der Waals surface area (Å²) in [4.78, 5) is 0. The van der Waals surface area contributed by atoms with Crippen LogP contribution in [0, 0.1) is 0 Å². The van der Waals surface area contributed by atoms with E-state index in [0.29, 0.717) is 0 Å². The van der Waals surface area contributed by atoms with Gasteiger partial charge >= 0.3 is 0 Å². The van der Waals surface area contributed by atoms with E-state index in [0.717, 1.165) is 0 Å². The van der Waals surface area contributed by atoms with Crippen LogP contribution in [0.15, 0.2) is 0 Å². The predicted octanol–water partition coefficient (Wildman–Crippen LogP) is -0.223. The molecule has 89 heteroatoms. The molecule has 0 aromatic heterocycles. The monoisotopic (exact) mass is 4530 g/mol. The zero-order chi connectivity index (χ0) is 0. The second-order valence-corrected chi connectivity index (χ2v) is 0. The summed E-state index contributed by atoms with van der Waals surface area (Å²) in [6.45, 7) is 0. The first kappa shape index (κ1) is 1020. The minimum absolute atomic E-state index is 0. The minimum atomic E-state index is 0. The van der Waals surface area contributed by atoms with Crippen molar-refractivity contribution in [1.29, 1.82) is 0 Å². The quantitative estimate of drug-likeness (QED) is 0.316. The largest absolute Gasteiger partial charge is 0 e. The van der Waals surface area contributed by atoms with E-state index in [1.165, 1.54) is 0 Å². The third-order valence-electron chi connectivity index (χ3n) is 0. The maximum Gasteiger partial charge on any atom is 0 e. The Morgan fingerprint density at radius 3 is 0.0112 bits per heavy atom. The number of hydrogen-bond donors (Lipinski definition) is 0. The van der Waals surface area contributed by atoms with E-state index >= 15 is 0 Å². The van der Waals surface area contributed by atoms with Gasteiger partial charge in [0.1, 0.15) is 0 Å². The van der Waals surface area contributed by atoms with Crippen LogP contribution in [0.1, 0.15) is 0 Å². The first-order valence-corrected chi connectivity index (χ1v) is 0. The fraction of sp³-hybridized carbons (Fsp3) is 0. The molecule has 0 bridgehead atoms. The van der Waals surface area contributed by atoms with Crippen molar-refractivity contribution in [3.63, 3.8) is 0 Å². The van der Waals surface area contributed by atoms with Gasteiger partial charge in [-0.25, -0.2) is 0 Å². The predicted molar refractivity (Wildman–Crippen MR) is 0 cm³/mol. The van der Waals surface area contributed by atoms with E-state index in [4.69, 9.17) is 0 Å². The van der Waals surface area contributed by atoms with Crippen LogP contribution < -0.4 is 0 Å². The van der Waals surface area contributed by atoms with Crippen molar-refractivity contribution in [3.8, 4) is 0 Å². The van der Waals surface area contributed by atoms with Crippen molar-refractivity contribution in [2.75, 3.05) is 0 Å². The third kappa shape index (κ3) is 986. The van der Waals surface area contributed by atoms with Gasteiger partial charge in [0.25, 0.3) is 0 Å². The fourth-order valence-electron chi connectivity index (χ4n) is 0. The van der Waals surface area contributed by atoms with Crippen molar-refractivity contribution in [2.24, 2.45) is 0 Å². The molecule has 0 heterocycles. The smallest absolute Gasteiger partial charge is 0 e. The van der Waals surface area contributed by atoms with Gasteiger partial charge in [0.05, 0.1) is 0 Å². The zero-order valence-corrected chi connectivity index (χ0v) is 164. The molecule has 89 radical (unpaired) electrons. The van der Waals surface area contributed by atoms with E-state index in [-0.39, 0.29) is 1650 Å². The molecule has 0 saturated carbocycles. The molecule has 0 aromatic carbocycles. The van der Waals surface area contributed by atoms with Gasteiger partial charge in [0.15, 0.2) is 0 Å². The molecule has 0 fully saturated rings. The Labute approximate surface area is 1600 Å². The van der Waals surface area contributed by atoms with Crippen molar-refractivity contribution >= 4 is 0 Å². The van der Waals surface area contributed by atoms with Crippen LogP contribution in [0.5, 0.6) is 0 Å². The summed E-state index contributed by atoms with van der Waals surface area (Å²) in [5.41, 5.74) is 0. The summed E-state index contributed by atoms with van der Waals surface area (Å²) < 4.78 is 0. The second-order valence-electron chi connectivity index (χ2n) is 0. The normalized spacial score (nSPS) is 0. The van der Waals surface area contributed by atoms with Crippen LogP contribution in [-0.2, 0) is 1650 Å². The van der Waals surface area contributed by atoms with E-state index in [9.17, 15) is 0 Å². The average molecular weight is 4530 g/mol. The maximum atomic E-state index is 0. The molecule has 0 rings (SSSR count). The summed E-state index contributed by atoms with van der Waals surface area (Å²) in [6, 6.07) is 0. The van der Waals surface area contributed by atoms with Gasteiger partial charge in [-0.2, -0.15) is 0 Å². The molecule has 0 unspecified atom stereocenters. The summed E-state index contributed by atoms with van der Waals surface area (Å²) in [7, 11) is 0. The Bertz CT molecular complexity index is 0. The Morgan fingerprint density at radius 2 is 0.0112 bits per heavy atom. The molecular formula is V89. The Morgan fingerprint density at radius 1 is 0.0112 bits per heavy atom. The molecule has 0 N–H and O–H groups in total. The average Bonchev–Trinajstić information content (AvgIpc) is 0. The topological polar surface area (TPSA) is 0 Å². The SMILES string of the molecule is [V].[V].[V].[V].[V].[V].[V].[V].[V].[V].[V].[V].[V].[V].[V].[V].[V].[V].[V].[V].[V].[V].[V].[V].[V].[V].[V].[V].[V].[V].[V].[V].[V].[V].[V].[V].[V].[V].[V].[V].[V].[V].[V].[V].[V].[V].[V].[V].[V].[V].[V].[V].[V].[V].[V].[V].[V].[V].[V].[V].[V].[V].[V].[V].[V].[V].[V].[V].[V].[V].[V].[V].[V].[V].[V].[V].[V].[V].[V].[V].[V].[V].[V].[V].[V].[V].[V].[V].[V]. The van der Waals surface area contributed by atoms with Crippen molar-refractivity contribution in [1.82, 2.24) is 0 Å². The molecule has 0 nitrogen and oxygen atoms in total. The van der Waals surface area contributed by atoms with E-state index in [2.05, 4.69) is 0 Å². The van der Waals surface area contributed by atoms with Gasteiger partial charge in [0, 0.05) is 1650 Å². The molecule has 0 spiro atoms. The molecule has 0 aromatic rings. The summed E-state index contributed by atoms with van der Waals surface area (Å²) >= 11 is 0. The summed E-state index contributed by atoms with van der Waals surface area (Å²) in [5.74, 6) is 0. The summed E-state index contributed by atoms with van der Waals surface area (Å²) in [6.07, 6.45) is 0. The van der Waals surface area contributed by atoms with Crippen LogP contribution >= 0.6 is 0 Å². The van der Waals surface area contributed by atoms with Crippen LogP contribution in [0.25, 0.3) is 0 Å². The molecular weight excluding hydrogens is 4530 g/mol. The summed E-state index contributed by atoms with van der Waals surface area (Å²) in [5, 5.41) is 0. The molecule has 0 aliphatic carbocycles. The van der Waals surface area contributed by atoms with Gasteiger partial charge in [-0.05, 0) is 0 Å². The zero-order valence-electron chi connectivity index (χ0n) is 39.8. The van der Waals surface area contributed by atoms with Crippen LogP contribution in [0.4, 0.5) is 0 Å². The molecule has 0 aliphatic heterocycles. The van der Waals surface area contributed by atoms with Crippen LogP contribution in [0.2, 0.25) is 0 Å². The van der Waals surface area contributed by atoms with Gasteiger partial charge in [-0.3, -0.25) is 0 Å². The first-order chi connectivity index (χ1) is 0. The molecule has 445 valence electrons. The standard InChI is InChI=1S/89V. The molecule has 0 saturated heterocycles.